The van der Waals surface area contributed by atoms with Crippen LogP contribution in [0.4, 0.5) is 4.39 Å². The lowest BCUT2D eigenvalue weighted by molar-refractivity contribution is -0.134. The zero-order valence-corrected chi connectivity index (χ0v) is 26.2. The van der Waals surface area contributed by atoms with Gasteiger partial charge in [0, 0.05) is 19.0 Å². The SMILES string of the molecule is CC(C)COc1ccccc1CCCNC(=O)[C@H](CN(C)C)NC(=O)[C@H](NC(=O)[C@H](C)Cc1cccc(F)c1)C(C)C. The minimum absolute atomic E-state index is 0.212. The number of nitrogens with one attached hydrogen (secondary N) is 3. The van der Waals surface area contributed by atoms with Gasteiger partial charge >= 0.3 is 0 Å². The molecule has 0 aliphatic heterocycles. The van der Waals surface area contributed by atoms with Crippen molar-refractivity contribution in [3.63, 3.8) is 0 Å². The molecular weight excluding hydrogens is 535 g/mol. The smallest absolute Gasteiger partial charge is 0.243 e. The van der Waals surface area contributed by atoms with Crippen LogP contribution < -0.4 is 20.7 Å². The van der Waals surface area contributed by atoms with Crippen LogP contribution in [0.2, 0.25) is 0 Å². The first-order chi connectivity index (χ1) is 19.9. The highest BCUT2D eigenvalue weighted by atomic mass is 19.1. The number of rotatable bonds is 17. The van der Waals surface area contributed by atoms with Gasteiger partial charge in [0.15, 0.2) is 0 Å². The highest BCUT2D eigenvalue weighted by Gasteiger charge is 2.30. The number of aryl methyl sites for hydroxylation is 1. The monoisotopic (exact) mass is 584 g/mol. The van der Waals surface area contributed by atoms with Crippen LogP contribution in [0.3, 0.4) is 0 Å². The number of benzene rings is 2. The first-order valence-electron chi connectivity index (χ1n) is 14.9. The number of carbonyl (C=O) groups is 3. The number of hydrogen-bond donors (Lipinski definition) is 3. The van der Waals surface area contributed by atoms with E-state index in [-0.39, 0.29) is 23.5 Å². The number of halogens is 1. The molecule has 0 unspecified atom stereocenters. The molecule has 0 aliphatic rings. The van der Waals surface area contributed by atoms with E-state index in [2.05, 4.69) is 29.8 Å². The average Bonchev–Trinajstić information content (AvgIpc) is 2.92. The molecule has 3 atom stereocenters. The molecular formula is C33H49FN4O4. The number of para-hydroxylation sites is 1. The maximum absolute atomic E-state index is 13.6. The molecule has 0 spiro atoms. The van der Waals surface area contributed by atoms with Crippen LogP contribution in [0.1, 0.15) is 52.2 Å². The highest BCUT2D eigenvalue weighted by molar-refractivity contribution is 5.92. The topological polar surface area (TPSA) is 99.8 Å². The summed E-state index contributed by atoms with van der Waals surface area (Å²) in [6.45, 7) is 11.0. The predicted octanol–water partition coefficient (Wildman–Crippen LogP) is 3.98. The molecule has 0 heterocycles. The molecule has 8 nitrogen and oxygen atoms in total. The molecule has 0 bridgehead atoms. The number of ether oxygens (including phenoxy) is 1. The van der Waals surface area contributed by atoms with Gasteiger partial charge < -0.3 is 25.6 Å². The highest BCUT2D eigenvalue weighted by Crippen LogP contribution is 2.20. The lowest BCUT2D eigenvalue weighted by atomic mass is 9.97. The van der Waals surface area contributed by atoms with E-state index in [1.807, 2.05) is 57.1 Å². The Kier molecular flexibility index (Phi) is 14.5. The van der Waals surface area contributed by atoms with Crippen molar-refractivity contribution in [2.45, 2.75) is 66.0 Å². The average molecular weight is 585 g/mol. The molecule has 9 heteroatoms. The number of nitrogens with zero attached hydrogens (tertiary/aromatic N) is 1. The van der Waals surface area contributed by atoms with Crippen LogP contribution >= 0.6 is 0 Å². The molecule has 42 heavy (non-hydrogen) atoms. The standard InChI is InChI=1S/C33H49FN4O4/c1-22(2)21-42-29-16-9-8-13-26(29)14-11-17-35-32(40)28(20-38(6)7)36-33(41)30(23(3)4)37-31(39)24(5)18-25-12-10-15-27(34)19-25/h8-10,12-13,15-16,19,22-24,28,30H,11,14,17-18,20-21H2,1-7H3,(H,35,40)(H,36,41)(H,37,39)/t24-,28+,30-/m1/s1. The minimum Gasteiger partial charge on any atom is -0.493 e. The third-order valence-electron chi connectivity index (χ3n) is 6.77. The third-order valence-corrected chi connectivity index (χ3v) is 6.77. The van der Waals surface area contributed by atoms with Crippen molar-refractivity contribution in [3.8, 4) is 5.75 Å². The lowest BCUT2D eigenvalue weighted by Crippen LogP contribution is -2.58. The van der Waals surface area contributed by atoms with E-state index in [4.69, 9.17) is 4.74 Å². The second-order valence-electron chi connectivity index (χ2n) is 12.0. The second kappa shape index (κ2) is 17.5. The first kappa shape index (κ1) is 34.7. The Labute approximate surface area is 250 Å². The van der Waals surface area contributed by atoms with E-state index >= 15 is 0 Å². The van der Waals surface area contributed by atoms with Crippen molar-refractivity contribution >= 4 is 17.7 Å². The molecule has 2 aromatic carbocycles. The van der Waals surface area contributed by atoms with Gasteiger partial charge in [-0.1, -0.05) is 65.0 Å². The Morgan fingerprint density at radius 3 is 2.26 bits per heavy atom. The first-order valence-corrected chi connectivity index (χ1v) is 14.9. The van der Waals surface area contributed by atoms with Crippen LogP contribution in [0.5, 0.6) is 5.75 Å². The molecule has 0 fully saturated rings. The summed E-state index contributed by atoms with van der Waals surface area (Å²) in [5.41, 5.74) is 1.80. The van der Waals surface area contributed by atoms with Gasteiger partial charge in [0.2, 0.25) is 17.7 Å². The molecule has 2 aromatic rings. The molecule has 0 aliphatic carbocycles. The van der Waals surface area contributed by atoms with Gasteiger partial charge in [0.05, 0.1) is 6.61 Å². The minimum atomic E-state index is -0.827. The van der Waals surface area contributed by atoms with Crippen molar-refractivity contribution in [2.75, 3.05) is 33.8 Å². The largest absolute Gasteiger partial charge is 0.493 e. The van der Waals surface area contributed by atoms with Crippen LogP contribution in [0.15, 0.2) is 48.5 Å². The van der Waals surface area contributed by atoms with Crippen molar-refractivity contribution < 1.29 is 23.5 Å². The second-order valence-corrected chi connectivity index (χ2v) is 12.0. The van der Waals surface area contributed by atoms with E-state index < -0.39 is 23.9 Å². The predicted molar refractivity (Wildman–Crippen MR) is 165 cm³/mol. The van der Waals surface area contributed by atoms with Crippen LogP contribution in [0, 0.1) is 23.6 Å². The zero-order valence-electron chi connectivity index (χ0n) is 26.2. The summed E-state index contributed by atoms with van der Waals surface area (Å²) in [7, 11) is 3.66. The summed E-state index contributed by atoms with van der Waals surface area (Å²) < 4.78 is 19.5. The van der Waals surface area contributed by atoms with Crippen molar-refractivity contribution in [3.05, 3.63) is 65.5 Å². The molecule has 0 aromatic heterocycles. The molecule has 3 N–H and O–H groups in total. The fourth-order valence-electron chi connectivity index (χ4n) is 4.48. The van der Waals surface area contributed by atoms with Gasteiger partial charge in [-0.05, 0) is 74.5 Å². The molecule has 2 rings (SSSR count). The van der Waals surface area contributed by atoms with E-state index in [1.54, 1.807) is 19.1 Å². The molecule has 0 radical (unpaired) electrons. The fraction of sp³-hybridized carbons (Fsp3) is 0.545. The number of carbonyl (C=O) groups excluding carboxylic acids is 3. The number of hydrogen-bond acceptors (Lipinski definition) is 5. The Morgan fingerprint density at radius 2 is 1.62 bits per heavy atom. The van der Waals surface area contributed by atoms with Crippen molar-refractivity contribution in [2.24, 2.45) is 17.8 Å². The fourth-order valence-corrected chi connectivity index (χ4v) is 4.48. The van der Waals surface area contributed by atoms with Gasteiger partial charge in [-0.2, -0.15) is 0 Å². The molecule has 232 valence electrons. The summed E-state index contributed by atoms with van der Waals surface area (Å²) in [4.78, 5) is 41.2. The van der Waals surface area contributed by atoms with Gasteiger partial charge in [-0.15, -0.1) is 0 Å². The van der Waals surface area contributed by atoms with Gasteiger partial charge in [-0.25, -0.2) is 4.39 Å². The number of likely N-dealkylation sites (N-methyl/N-ethyl adjacent to an activating group) is 1. The van der Waals surface area contributed by atoms with E-state index in [0.29, 0.717) is 44.0 Å². The van der Waals surface area contributed by atoms with E-state index in [9.17, 15) is 18.8 Å². The quantitative estimate of drug-likeness (QED) is 0.245. The summed E-state index contributed by atoms with van der Waals surface area (Å²) >= 11 is 0. The molecule has 0 saturated heterocycles. The van der Waals surface area contributed by atoms with Crippen LogP contribution in [-0.4, -0.2) is 68.5 Å². The lowest BCUT2D eigenvalue weighted by Gasteiger charge is -2.27. The van der Waals surface area contributed by atoms with E-state index in [0.717, 1.165) is 17.7 Å². The van der Waals surface area contributed by atoms with Gasteiger partial charge in [-0.3, -0.25) is 14.4 Å². The maximum atomic E-state index is 13.6. The Bertz CT molecular complexity index is 1150. The van der Waals surface area contributed by atoms with Crippen molar-refractivity contribution in [1.82, 2.24) is 20.9 Å². The Morgan fingerprint density at radius 1 is 0.905 bits per heavy atom. The van der Waals surface area contributed by atoms with Crippen LogP contribution in [0.25, 0.3) is 0 Å². The summed E-state index contributed by atoms with van der Waals surface area (Å²) in [6.07, 6.45) is 1.80. The Hall–Kier alpha value is -3.46. The maximum Gasteiger partial charge on any atom is 0.243 e. The molecule has 3 amide bonds. The van der Waals surface area contributed by atoms with E-state index in [1.165, 1.54) is 12.1 Å². The number of amides is 3. The summed E-state index contributed by atoms with van der Waals surface area (Å²) in [6, 6.07) is 12.4. The van der Waals surface area contributed by atoms with Gasteiger partial charge in [0.1, 0.15) is 23.7 Å². The normalized spacial score (nSPS) is 13.5. The zero-order chi connectivity index (χ0) is 31.2. The van der Waals surface area contributed by atoms with Crippen molar-refractivity contribution in [1.29, 1.82) is 0 Å². The Balaban J connectivity index is 1.95. The van der Waals surface area contributed by atoms with Crippen LogP contribution in [-0.2, 0) is 27.2 Å². The van der Waals surface area contributed by atoms with Gasteiger partial charge in [0.25, 0.3) is 0 Å². The summed E-state index contributed by atoms with van der Waals surface area (Å²) in [5, 5.41) is 8.64. The summed E-state index contributed by atoms with van der Waals surface area (Å²) in [5.74, 6) is -0.761. The third kappa shape index (κ3) is 12.2. The molecule has 0 saturated carbocycles.